The molecule has 7 nitrogen and oxygen atoms in total. The van der Waals surface area contributed by atoms with Crippen LogP contribution in [0.15, 0.2) is 48.7 Å². The molecule has 3 heterocycles. The number of aromatic nitrogens is 3. The molecular formula is C20H23N5O2. The number of hydrogen-bond acceptors (Lipinski definition) is 5. The largest absolute Gasteiger partial charge is 0.381 e. The summed E-state index contributed by atoms with van der Waals surface area (Å²) in [6.45, 7) is 1.36. The Labute approximate surface area is 157 Å². The molecule has 27 heavy (non-hydrogen) atoms. The van der Waals surface area contributed by atoms with Crippen LogP contribution in [0.2, 0.25) is 0 Å². The summed E-state index contributed by atoms with van der Waals surface area (Å²) in [5, 5.41) is 11.3. The van der Waals surface area contributed by atoms with Gasteiger partial charge >= 0.3 is 0 Å². The Bertz CT molecular complexity index is 916. The smallest absolute Gasteiger partial charge is 0.241 e. The van der Waals surface area contributed by atoms with Crippen molar-refractivity contribution in [1.82, 2.24) is 14.6 Å². The number of benzene rings is 1. The number of rotatable bonds is 5. The third kappa shape index (κ3) is 3.99. The standard InChI is InChI=1S/C20H23N5O2/c21-19(15-8-11-27-12-9-15)20(26)22-16-6-4-14(5-7-16)13-18-24-23-17-3-1-2-10-25(17)18/h1-7,10,15,19H,8-9,11-13,21H2,(H,22,26). The van der Waals surface area contributed by atoms with Crippen molar-refractivity contribution in [2.24, 2.45) is 11.7 Å². The molecule has 1 aromatic carbocycles. The molecule has 7 heteroatoms. The highest BCUT2D eigenvalue weighted by Gasteiger charge is 2.26. The second-order valence-electron chi connectivity index (χ2n) is 6.88. The van der Waals surface area contributed by atoms with E-state index in [-0.39, 0.29) is 11.8 Å². The summed E-state index contributed by atoms with van der Waals surface area (Å²) in [4.78, 5) is 12.4. The number of nitrogens with one attached hydrogen (secondary N) is 1. The van der Waals surface area contributed by atoms with Crippen LogP contribution in [0.4, 0.5) is 5.69 Å². The maximum absolute atomic E-state index is 12.4. The van der Waals surface area contributed by atoms with Crippen LogP contribution in [0, 0.1) is 5.92 Å². The first-order valence-corrected chi connectivity index (χ1v) is 9.22. The molecule has 1 aliphatic heterocycles. The van der Waals surface area contributed by atoms with Crippen LogP contribution >= 0.6 is 0 Å². The van der Waals surface area contributed by atoms with Crippen molar-refractivity contribution in [1.29, 1.82) is 0 Å². The molecule has 1 saturated heterocycles. The summed E-state index contributed by atoms with van der Waals surface area (Å²) < 4.78 is 7.31. The average Bonchev–Trinajstić information content (AvgIpc) is 3.12. The van der Waals surface area contributed by atoms with Crippen LogP contribution in [0.1, 0.15) is 24.2 Å². The SMILES string of the molecule is NC(C(=O)Nc1ccc(Cc2nnc3ccccn23)cc1)C1CCOCC1. The van der Waals surface area contributed by atoms with E-state index in [2.05, 4.69) is 15.5 Å². The van der Waals surface area contributed by atoms with E-state index in [1.165, 1.54) is 0 Å². The first-order chi connectivity index (χ1) is 13.2. The van der Waals surface area contributed by atoms with Crippen LogP contribution in [0.25, 0.3) is 5.65 Å². The fraction of sp³-hybridized carbons (Fsp3) is 0.350. The molecule has 1 fully saturated rings. The first kappa shape index (κ1) is 17.6. The zero-order valence-corrected chi connectivity index (χ0v) is 15.0. The summed E-state index contributed by atoms with van der Waals surface area (Å²) in [6, 6.07) is 13.1. The van der Waals surface area contributed by atoms with E-state index >= 15 is 0 Å². The Morgan fingerprint density at radius 1 is 1.19 bits per heavy atom. The zero-order chi connectivity index (χ0) is 18.6. The molecule has 1 amide bonds. The Kier molecular flexibility index (Phi) is 5.13. The minimum absolute atomic E-state index is 0.141. The van der Waals surface area contributed by atoms with E-state index in [0.29, 0.717) is 19.6 Å². The van der Waals surface area contributed by atoms with Gasteiger partial charge in [0.25, 0.3) is 0 Å². The lowest BCUT2D eigenvalue weighted by molar-refractivity contribution is -0.119. The number of pyridine rings is 1. The van der Waals surface area contributed by atoms with Gasteiger partial charge in [-0.15, -0.1) is 10.2 Å². The number of anilines is 1. The maximum Gasteiger partial charge on any atom is 0.241 e. The van der Waals surface area contributed by atoms with Crippen LogP contribution in [0.3, 0.4) is 0 Å². The Morgan fingerprint density at radius 2 is 1.96 bits per heavy atom. The summed E-state index contributed by atoms with van der Waals surface area (Å²) in [6.07, 6.45) is 4.29. The molecule has 2 aromatic heterocycles. The number of nitrogens with zero attached hydrogens (tertiary/aromatic N) is 3. The van der Waals surface area contributed by atoms with E-state index in [4.69, 9.17) is 10.5 Å². The predicted molar refractivity (Wildman–Crippen MR) is 102 cm³/mol. The summed E-state index contributed by atoms with van der Waals surface area (Å²) in [7, 11) is 0. The number of carbonyl (C=O) groups excluding carboxylic acids is 1. The molecule has 1 atom stereocenters. The van der Waals surface area contributed by atoms with E-state index in [1.54, 1.807) is 0 Å². The molecule has 3 aromatic rings. The lowest BCUT2D eigenvalue weighted by atomic mass is 9.92. The zero-order valence-electron chi connectivity index (χ0n) is 15.0. The first-order valence-electron chi connectivity index (χ1n) is 9.22. The van der Waals surface area contributed by atoms with E-state index in [9.17, 15) is 4.79 Å². The average molecular weight is 365 g/mol. The van der Waals surface area contributed by atoms with Crippen molar-refractivity contribution in [3.8, 4) is 0 Å². The lowest BCUT2D eigenvalue weighted by Crippen LogP contribution is -2.43. The molecule has 1 unspecified atom stereocenters. The van der Waals surface area contributed by atoms with Gasteiger partial charge in [0.1, 0.15) is 5.82 Å². The van der Waals surface area contributed by atoms with Crippen LogP contribution in [0.5, 0.6) is 0 Å². The predicted octanol–water partition coefficient (Wildman–Crippen LogP) is 2.01. The fourth-order valence-electron chi connectivity index (χ4n) is 3.41. The third-order valence-corrected chi connectivity index (χ3v) is 5.04. The van der Waals surface area contributed by atoms with Crippen molar-refractivity contribution in [2.45, 2.75) is 25.3 Å². The van der Waals surface area contributed by atoms with Gasteiger partial charge in [-0.1, -0.05) is 18.2 Å². The van der Waals surface area contributed by atoms with Crippen molar-refractivity contribution in [3.05, 3.63) is 60.0 Å². The molecule has 3 N–H and O–H groups in total. The molecular weight excluding hydrogens is 342 g/mol. The molecule has 0 spiro atoms. The molecule has 140 valence electrons. The van der Waals surface area contributed by atoms with Gasteiger partial charge in [0.05, 0.1) is 6.04 Å². The molecule has 4 rings (SSSR count). The van der Waals surface area contributed by atoms with Crippen LogP contribution < -0.4 is 11.1 Å². The molecule has 0 saturated carbocycles. The Hall–Kier alpha value is -2.77. The lowest BCUT2D eigenvalue weighted by Gasteiger charge is -2.26. The quantitative estimate of drug-likeness (QED) is 0.721. The van der Waals surface area contributed by atoms with Gasteiger partial charge in [-0.25, -0.2) is 0 Å². The van der Waals surface area contributed by atoms with Gasteiger partial charge in [0.2, 0.25) is 5.91 Å². The fourth-order valence-corrected chi connectivity index (χ4v) is 3.41. The van der Waals surface area contributed by atoms with E-state index in [1.807, 2.05) is 53.1 Å². The molecule has 1 aliphatic rings. The second-order valence-corrected chi connectivity index (χ2v) is 6.88. The minimum atomic E-state index is -0.504. The van der Waals surface area contributed by atoms with E-state index < -0.39 is 6.04 Å². The van der Waals surface area contributed by atoms with Crippen LogP contribution in [-0.2, 0) is 16.0 Å². The maximum atomic E-state index is 12.4. The minimum Gasteiger partial charge on any atom is -0.381 e. The highest BCUT2D eigenvalue weighted by atomic mass is 16.5. The van der Waals surface area contributed by atoms with Crippen molar-refractivity contribution < 1.29 is 9.53 Å². The van der Waals surface area contributed by atoms with Crippen molar-refractivity contribution >= 4 is 17.2 Å². The van der Waals surface area contributed by atoms with Gasteiger partial charge in [0, 0.05) is 31.5 Å². The highest BCUT2D eigenvalue weighted by molar-refractivity contribution is 5.94. The van der Waals surface area contributed by atoms with Gasteiger partial charge in [-0.3, -0.25) is 9.20 Å². The summed E-state index contributed by atoms with van der Waals surface area (Å²) in [5.41, 5.74) is 8.80. The number of hydrogen-bond donors (Lipinski definition) is 2. The van der Waals surface area contributed by atoms with Crippen molar-refractivity contribution in [3.63, 3.8) is 0 Å². The number of amides is 1. The Morgan fingerprint density at radius 3 is 2.74 bits per heavy atom. The molecule has 0 bridgehead atoms. The number of nitrogens with two attached hydrogens (primary N) is 1. The van der Waals surface area contributed by atoms with Crippen LogP contribution in [-0.4, -0.2) is 39.8 Å². The number of carbonyl (C=O) groups is 1. The molecule has 0 aliphatic carbocycles. The van der Waals surface area contributed by atoms with Gasteiger partial charge in [0.15, 0.2) is 5.65 Å². The van der Waals surface area contributed by atoms with Gasteiger partial charge < -0.3 is 15.8 Å². The summed E-state index contributed by atoms with van der Waals surface area (Å²) in [5.74, 6) is 0.918. The van der Waals surface area contributed by atoms with Gasteiger partial charge in [-0.05, 0) is 48.6 Å². The highest BCUT2D eigenvalue weighted by Crippen LogP contribution is 2.19. The third-order valence-electron chi connectivity index (χ3n) is 5.04. The topological polar surface area (TPSA) is 94.5 Å². The number of fused-ring (bicyclic) bond motifs is 1. The summed E-state index contributed by atoms with van der Waals surface area (Å²) >= 11 is 0. The van der Waals surface area contributed by atoms with Crippen molar-refractivity contribution in [2.75, 3.05) is 18.5 Å². The number of ether oxygens (including phenoxy) is 1. The normalized spacial score (nSPS) is 16.3. The van der Waals surface area contributed by atoms with E-state index in [0.717, 1.165) is 35.6 Å². The monoisotopic (exact) mass is 365 g/mol. The molecule has 0 radical (unpaired) electrons. The van der Waals surface area contributed by atoms with Gasteiger partial charge in [-0.2, -0.15) is 0 Å². The Balaban J connectivity index is 1.39. The second kappa shape index (κ2) is 7.85.